The molecule has 15 rings (SSSR count). The van der Waals surface area contributed by atoms with Gasteiger partial charge >= 0.3 is 0 Å². The van der Waals surface area contributed by atoms with Crippen molar-refractivity contribution in [3.8, 4) is 44.5 Å². The molecule has 0 saturated heterocycles. The molecule has 0 amide bonds. The summed E-state index contributed by atoms with van der Waals surface area (Å²) in [6.07, 6.45) is 6.97. The van der Waals surface area contributed by atoms with Gasteiger partial charge in [0.1, 0.15) is 0 Å². The maximum Gasteiger partial charge on any atom is 0.0465 e. The Morgan fingerprint density at radius 3 is 1.51 bits per heavy atom. The van der Waals surface area contributed by atoms with Crippen molar-refractivity contribution in [2.75, 3.05) is 4.90 Å². The molecule has 354 valence electrons. The fourth-order valence-electron chi connectivity index (χ4n) is 14.4. The maximum atomic E-state index is 2.55. The molecule has 1 nitrogen and oxygen atoms in total. The topological polar surface area (TPSA) is 3.24 Å². The Kier molecular flexibility index (Phi) is 9.01. The van der Waals surface area contributed by atoms with Crippen LogP contribution in [0.4, 0.5) is 17.1 Å². The van der Waals surface area contributed by atoms with Crippen molar-refractivity contribution in [2.24, 2.45) is 0 Å². The number of hydrogen-bond acceptors (Lipinski definition) is 1. The van der Waals surface area contributed by atoms with Crippen molar-refractivity contribution in [1.82, 2.24) is 0 Å². The molecule has 74 heavy (non-hydrogen) atoms. The van der Waals surface area contributed by atoms with Crippen LogP contribution < -0.4 is 4.90 Å². The number of hydrogen-bond donors (Lipinski definition) is 0. The second kappa shape index (κ2) is 15.4. The minimum absolute atomic E-state index is 0.0405. The molecule has 0 fully saturated rings. The van der Waals surface area contributed by atoms with Crippen LogP contribution in [0.15, 0.2) is 218 Å². The first kappa shape index (κ1) is 43.3. The summed E-state index contributed by atoms with van der Waals surface area (Å²) in [5, 5.41) is 10.2. The van der Waals surface area contributed by atoms with Gasteiger partial charge in [0, 0.05) is 33.3 Å². The zero-order valence-electron chi connectivity index (χ0n) is 43.1. The first-order valence-corrected chi connectivity index (χ1v) is 26.7. The van der Waals surface area contributed by atoms with Crippen LogP contribution in [-0.4, -0.2) is 0 Å². The number of benzene rings is 11. The van der Waals surface area contributed by atoms with Crippen LogP contribution in [0.3, 0.4) is 0 Å². The monoisotopic (exact) mass is 947 g/mol. The third-order valence-corrected chi connectivity index (χ3v) is 18.1. The summed E-state index contributed by atoms with van der Waals surface area (Å²) in [4.78, 5) is 2.55. The van der Waals surface area contributed by atoms with Gasteiger partial charge in [-0.05, 0) is 194 Å². The van der Waals surface area contributed by atoms with Crippen LogP contribution in [0, 0.1) is 0 Å². The summed E-state index contributed by atoms with van der Waals surface area (Å²) in [6, 6.07) is 76.6. The Hall–Kier alpha value is -8.26. The normalized spacial score (nSPS) is 16.1. The van der Waals surface area contributed by atoms with E-state index >= 15 is 0 Å². The van der Waals surface area contributed by atoms with Gasteiger partial charge < -0.3 is 4.90 Å². The summed E-state index contributed by atoms with van der Waals surface area (Å²) in [5.41, 5.74) is 24.8. The van der Waals surface area contributed by atoms with Gasteiger partial charge in [-0.1, -0.05) is 205 Å². The van der Waals surface area contributed by atoms with E-state index in [2.05, 4.69) is 259 Å². The molecule has 4 aliphatic carbocycles. The number of nitrogens with zero attached hydrogens (tertiary/aromatic N) is 1. The Bertz CT molecular complexity index is 4330. The van der Waals surface area contributed by atoms with Gasteiger partial charge in [-0.15, -0.1) is 0 Å². The number of rotatable bonds is 5. The minimum Gasteiger partial charge on any atom is -0.310 e. The lowest BCUT2D eigenvalue weighted by molar-refractivity contribution is 0.607. The fraction of sp³-hybridized carbons (Fsp3) is 0.151. The highest BCUT2D eigenvalue weighted by atomic mass is 15.1. The van der Waals surface area contributed by atoms with E-state index in [-0.39, 0.29) is 16.2 Å². The smallest absolute Gasteiger partial charge is 0.0465 e. The molecule has 0 N–H and O–H groups in total. The average Bonchev–Trinajstić information content (AvgIpc) is 3.92. The standard InChI is InChI=1S/C73H57N/c1-71(2)64-28-15-13-23-54(64)57-35-31-47(41-67(57)71)74(48-32-36-58-55-24-14-16-29-65(55)72(3,4)68(58)42-48)49-33-37-59-56-34-30-45(40-66(56)73(5,6)69(59)43-49)62-38-46-39-63(51-27-17-19-44-18-7-8-20-50(44)51)53-22-10-12-26-61(53)70(46)60-25-11-9-21-52(60)62/h7-15,17-28,30-43H,16,29H2,1-6H3. The van der Waals surface area contributed by atoms with Gasteiger partial charge in [0.2, 0.25) is 0 Å². The van der Waals surface area contributed by atoms with Crippen molar-refractivity contribution in [3.05, 3.63) is 251 Å². The molecular formula is C73H57N. The van der Waals surface area contributed by atoms with Gasteiger partial charge in [-0.2, -0.15) is 0 Å². The summed E-state index contributed by atoms with van der Waals surface area (Å²) in [5.74, 6) is 0. The van der Waals surface area contributed by atoms with Crippen LogP contribution in [0.5, 0.6) is 0 Å². The van der Waals surface area contributed by atoms with Crippen LogP contribution in [0.1, 0.15) is 87.8 Å². The molecule has 0 aromatic heterocycles. The first-order chi connectivity index (χ1) is 36.0. The quantitative estimate of drug-likeness (QED) is 0.155. The van der Waals surface area contributed by atoms with Crippen molar-refractivity contribution in [1.29, 1.82) is 0 Å². The van der Waals surface area contributed by atoms with Gasteiger partial charge in [0.25, 0.3) is 0 Å². The third kappa shape index (κ3) is 5.99. The predicted molar refractivity (Wildman–Crippen MR) is 315 cm³/mol. The molecule has 0 radical (unpaired) electrons. The number of allylic oxidation sites excluding steroid dienone is 4. The largest absolute Gasteiger partial charge is 0.310 e. The Labute approximate surface area is 434 Å². The zero-order valence-corrected chi connectivity index (χ0v) is 43.1. The fourth-order valence-corrected chi connectivity index (χ4v) is 14.4. The minimum atomic E-state index is -0.260. The molecular weight excluding hydrogens is 891 g/mol. The molecule has 0 unspecified atom stereocenters. The highest BCUT2D eigenvalue weighted by Gasteiger charge is 2.40. The van der Waals surface area contributed by atoms with Crippen molar-refractivity contribution < 1.29 is 0 Å². The van der Waals surface area contributed by atoms with E-state index < -0.39 is 0 Å². The van der Waals surface area contributed by atoms with Gasteiger partial charge in [-0.3, -0.25) is 0 Å². The third-order valence-electron chi connectivity index (χ3n) is 18.1. The molecule has 0 spiro atoms. The van der Waals surface area contributed by atoms with Gasteiger partial charge in [0.05, 0.1) is 0 Å². The van der Waals surface area contributed by atoms with E-state index in [4.69, 9.17) is 0 Å². The second-order valence-electron chi connectivity index (χ2n) is 23.1. The molecule has 4 aliphatic rings. The van der Waals surface area contributed by atoms with Crippen LogP contribution in [-0.2, 0) is 16.2 Å². The van der Waals surface area contributed by atoms with Crippen molar-refractivity contribution >= 4 is 65.7 Å². The molecule has 11 aromatic rings. The lowest BCUT2D eigenvalue weighted by Crippen LogP contribution is -2.20. The molecule has 0 saturated carbocycles. The zero-order chi connectivity index (χ0) is 49.8. The summed E-state index contributed by atoms with van der Waals surface area (Å²) in [7, 11) is 0. The Morgan fingerprint density at radius 1 is 0.338 bits per heavy atom. The van der Waals surface area contributed by atoms with Crippen LogP contribution in [0.25, 0.3) is 93.2 Å². The summed E-state index contributed by atoms with van der Waals surface area (Å²) < 4.78 is 0. The maximum absolute atomic E-state index is 2.55. The van der Waals surface area contributed by atoms with E-state index in [1.807, 2.05) is 0 Å². The summed E-state index contributed by atoms with van der Waals surface area (Å²) >= 11 is 0. The van der Waals surface area contributed by atoms with E-state index in [0.29, 0.717) is 0 Å². The number of anilines is 3. The first-order valence-electron chi connectivity index (χ1n) is 26.7. The molecule has 1 heteroatoms. The van der Waals surface area contributed by atoms with E-state index in [1.54, 1.807) is 5.57 Å². The highest BCUT2D eigenvalue weighted by Crippen LogP contribution is 2.56. The van der Waals surface area contributed by atoms with Crippen LogP contribution in [0.2, 0.25) is 0 Å². The lowest BCUT2D eigenvalue weighted by Gasteiger charge is -2.31. The van der Waals surface area contributed by atoms with E-state index in [0.717, 1.165) is 12.8 Å². The van der Waals surface area contributed by atoms with E-state index in [1.165, 1.54) is 144 Å². The average molecular weight is 948 g/mol. The molecule has 11 aromatic carbocycles. The molecule has 0 heterocycles. The van der Waals surface area contributed by atoms with Gasteiger partial charge in [0.15, 0.2) is 0 Å². The second-order valence-corrected chi connectivity index (χ2v) is 23.1. The van der Waals surface area contributed by atoms with Crippen LogP contribution >= 0.6 is 0 Å². The lowest BCUT2D eigenvalue weighted by atomic mass is 9.78. The molecule has 0 bridgehead atoms. The highest BCUT2D eigenvalue weighted by molar-refractivity contribution is 6.26. The number of fused-ring (bicyclic) bond motifs is 14. The SMILES string of the molecule is CC1(C)C2=C(C=CCC2)c2ccc(N(c3ccc4c(c3)C(C)(C)c3ccccc3-4)c3ccc4c(c3)C(C)(C)c3cc(-c5cc6cc(-c7cccc8ccccc78)c7ccccc7c6c6ccccc56)ccc3-4)cc21. The van der Waals surface area contributed by atoms with Crippen molar-refractivity contribution in [2.45, 2.75) is 70.6 Å². The van der Waals surface area contributed by atoms with Gasteiger partial charge in [-0.25, -0.2) is 0 Å². The van der Waals surface area contributed by atoms with E-state index in [9.17, 15) is 0 Å². The Balaban J connectivity index is 0.878. The predicted octanol–water partition coefficient (Wildman–Crippen LogP) is 20.1. The Morgan fingerprint density at radius 2 is 0.824 bits per heavy atom. The van der Waals surface area contributed by atoms with Crippen molar-refractivity contribution in [3.63, 3.8) is 0 Å². The molecule has 0 aliphatic heterocycles. The molecule has 0 atom stereocenters. The summed E-state index contributed by atoms with van der Waals surface area (Å²) in [6.45, 7) is 14.5.